The minimum absolute atomic E-state index is 0.0000477. The van der Waals surface area contributed by atoms with Crippen molar-refractivity contribution in [1.82, 2.24) is 4.98 Å². The van der Waals surface area contributed by atoms with E-state index >= 15 is 0 Å². The van der Waals surface area contributed by atoms with E-state index in [0.29, 0.717) is 11.7 Å². The first-order chi connectivity index (χ1) is 8.10. The number of pyridine rings is 1. The second-order valence-electron chi connectivity index (χ2n) is 4.27. The number of hydrogen-bond acceptors (Lipinski definition) is 4. The van der Waals surface area contributed by atoms with Crippen molar-refractivity contribution in [3.05, 3.63) is 27.4 Å². The molecule has 0 spiro atoms. The van der Waals surface area contributed by atoms with E-state index in [-0.39, 0.29) is 10.8 Å². The maximum Gasteiger partial charge on any atom is 0.276 e. The van der Waals surface area contributed by atoms with Crippen molar-refractivity contribution >= 4 is 23.1 Å². The molecule has 0 aliphatic carbocycles. The Labute approximate surface area is 105 Å². The van der Waals surface area contributed by atoms with Crippen molar-refractivity contribution in [2.24, 2.45) is 5.92 Å². The highest BCUT2D eigenvalue weighted by molar-refractivity contribution is 6.29. The zero-order valence-corrected chi connectivity index (χ0v) is 10.4. The summed E-state index contributed by atoms with van der Waals surface area (Å²) in [5, 5.41) is 10.9. The Balaban J connectivity index is 2.24. The molecule has 17 heavy (non-hydrogen) atoms. The summed E-state index contributed by atoms with van der Waals surface area (Å²) in [5.74, 6) is 1.26. The predicted octanol–water partition coefficient (Wildman–Crippen LogP) is 2.88. The van der Waals surface area contributed by atoms with Crippen LogP contribution in [0, 0.1) is 16.0 Å². The highest BCUT2D eigenvalue weighted by atomic mass is 35.5. The highest BCUT2D eigenvalue weighted by Gasteiger charge is 2.23. The number of halogens is 1. The monoisotopic (exact) mass is 255 g/mol. The van der Waals surface area contributed by atoms with Gasteiger partial charge in [0.15, 0.2) is 0 Å². The third kappa shape index (κ3) is 2.66. The first-order valence-electron chi connectivity index (χ1n) is 5.67. The summed E-state index contributed by atoms with van der Waals surface area (Å²) in [6.45, 7) is 3.95. The van der Waals surface area contributed by atoms with Gasteiger partial charge in [-0.3, -0.25) is 10.1 Å². The molecule has 0 saturated carbocycles. The molecule has 1 aromatic rings. The summed E-state index contributed by atoms with van der Waals surface area (Å²) >= 11 is 5.80. The molecular weight excluding hydrogens is 242 g/mol. The molecule has 2 rings (SSSR count). The van der Waals surface area contributed by atoms with Crippen LogP contribution in [0.25, 0.3) is 0 Å². The normalized spacial score (nSPS) is 19.6. The number of hydrogen-bond donors (Lipinski definition) is 0. The lowest BCUT2D eigenvalue weighted by Gasteiger charge is -2.17. The standard InChI is InChI=1S/C11H14ClN3O2/c1-2-8-3-4-14(7-8)11-6-9(15(16)17)5-10(12)13-11/h5-6,8H,2-4,7H2,1H3. The fourth-order valence-electron chi connectivity index (χ4n) is 2.11. The minimum Gasteiger partial charge on any atom is -0.356 e. The van der Waals surface area contributed by atoms with Gasteiger partial charge in [0.2, 0.25) is 0 Å². The SMILES string of the molecule is CCC1CCN(c2cc([N+](=O)[O-])cc(Cl)n2)C1. The smallest absolute Gasteiger partial charge is 0.276 e. The molecule has 2 heterocycles. The van der Waals surface area contributed by atoms with Crippen molar-refractivity contribution in [2.75, 3.05) is 18.0 Å². The second-order valence-corrected chi connectivity index (χ2v) is 4.66. The lowest BCUT2D eigenvalue weighted by molar-refractivity contribution is -0.384. The summed E-state index contributed by atoms with van der Waals surface area (Å²) in [7, 11) is 0. The van der Waals surface area contributed by atoms with E-state index in [9.17, 15) is 10.1 Å². The molecule has 0 aromatic carbocycles. The minimum atomic E-state index is -0.440. The van der Waals surface area contributed by atoms with Crippen LogP contribution in [0.4, 0.5) is 11.5 Å². The Kier molecular flexibility index (Phi) is 3.47. The second kappa shape index (κ2) is 4.87. The molecule has 92 valence electrons. The molecule has 1 unspecified atom stereocenters. The summed E-state index contributed by atoms with van der Waals surface area (Å²) < 4.78 is 0. The number of anilines is 1. The van der Waals surface area contributed by atoms with Gasteiger partial charge >= 0.3 is 0 Å². The zero-order chi connectivity index (χ0) is 12.4. The van der Waals surface area contributed by atoms with Gasteiger partial charge in [0, 0.05) is 13.1 Å². The molecular formula is C11H14ClN3O2. The van der Waals surface area contributed by atoms with Crippen LogP contribution in [0.5, 0.6) is 0 Å². The fraction of sp³-hybridized carbons (Fsp3) is 0.545. The van der Waals surface area contributed by atoms with Gasteiger partial charge in [0.25, 0.3) is 5.69 Å². The number of aromatic nitrogens is 1. The van der Waals surface area contributed by atoms with E-state index in [0.717, 1.165) is 25.9 Å². The van der Waals surface area contributed by atoms with Gasteiger partial charge in [-0.25, -0.2) is 4.98 Å². The average molecular weight is 256 g/mol. The summed E-state index contributed by atoms with van der Waals surface area (Å²) in [4.78, 5) is 16.5. The Morgan fingerprint density at radius 3 is 3.00 bits per heavy atom. The van der Waals surface area contributed by atoms with Gasteiger partial charge in [0.1, 0.15) is 11.0 Å². The molecule has 0 bridgehead atoms. The molecule has 1 fully saturated rings. The van der Waals surface area contributed by atoms with E-state index in [4.69, 9.17) is 11.6 Å². The zero-order valence-electron chi connectivity index (χ0n) is 9.60. The molecule has 1 atom stereocenters. The van der Waals surface area contributed by atoms with E-state index in [1.54, 1.807) is 0 Å². The van der Waals surface area contributed by atoms with Crippen molar-refractivity contribution in [2.45, 2.75) is 19.8 Å². The summed E-state index contributed by atoms with van der Waals surface area (Å²) in [5.41, 5.74) is -0.0000477. The molecule has 1 aromatic heterocycles. The number of nitrogens with zero attached hydrogens (tertiary/aromatic N) is 3. The Morgan fingerprint density at radius 1 is 1.65 bits per heavy atom. The van der Waals surface area contributed by atoms with Crippen molar-refractivity contribution in [3.8, 4) is 0 Å². The topological polar surface area (TPSA) is 59.3 Å². The van der Waals surface area contributed by atoms with Crippen molar-refractivity contribution in [3.63, 3.8) is 0 Å². The van der Waals surface area contributed by atoms with E-state index < -0.39 is 4.92 Å². The lowest BCUT2D eigenvalue weighted by Crippen LogP contribution is -2.20. The Hall–Kier alpha value is -1.36. The largest absolute Gasteiger partial charge is 0.356 e. The van der Waals surface area contributed by atoms with Gasteiger partial charge in [-0.05, 0) is 12.3 Å². The third-order valence-corrected chi connectivity index (χ3v) is 3.36. The van der Waals surface area contributed by atoms with E-state index in [1.165, 1.54) is 12.1 Å². The average Bonchev–Trinajstić information content (AvgIpc) is 2.76. The van der Waals surface area contributed by atoms with Crippen LogP contribution in [0.2, 0.25) is 5.15 Å². The summed E-state index contributed by atoms with van der Waals surface area (Å²) in [6.07, 6.45) is 2.23. The highest BCUT2D eigenvalue weighted by Crippen LogP contribution is 2.28. The maximum atomic E-state index is 10.7. The van der Waals surface area contributed by atoms with Crippen LogP contribution in [0.3, 0.4) is 0 Å². The maximum absolute atomic E-state index is 10.7. The van der Waals surface area contributed by atoms with Crippen LogP contribution in [0.15, 0.2) is 12.1 Å². The first-order valence-corrected chi connectivity index (χ1v) is 6.05. The van der Waals surface area contributed by atoms with Crippen molar-refractivity contribution in [1.29, 1.82) is 0 Å². The van der Waals surface area contributed by atoms with Crippen LogP contribution in [0.1, 0.15) is 19.8 Å². The molecule has 0 amide bonds. The van der Waals surface area contributed by atoms with Gasteiger partial charge in [-0.15, -0.1) is 0 Å². The van der Waals surface area contributed by atoms with Crippen LogP contribution in [-0.2, 0) is 0 Å². The van der Waals surface area contributed by atoms with E-state index in [2.05, 4.69) is 16.8 Å². The Bertz CT molecular complexity index is 439. The third-order valence-electron chi connectivity index (χ3n) is 3.16. The van der Waals surface area contributed by atoms with Gasteiger partial charge in [-0.2, -0.15) is 0 Å². The fourth-order valence-corrected chi connectivity index (χ4v) is 2.31. The molecule has 0 N–H and O–H groups in total. The quantitative estimate of drug-likeness (QED) is 0.473. The first kappa shape index (κ1) is 12.1. The number of rotatable bonds is 3. The molecule has 1 saturated heterocycles. The molecule has 5 nitrogen and oxygen atoms in total. The van der Waals surface area contributed by atoms with Gasteiger partial charge < -0.3 is 4.90 Å². The molecule has 1 aliphatic heterocycles. The van der Waals surface area contributed by atoms with Crippen LogP contribution in [-0.4, -0.2) is 23.0 Å². The molecule has 6 heteroatoms. The molecule has 0 radical (unpaired) electrons. The lowest BCUT2D eigenvalue weighted by atomic mass is 10.1. The van der Waals surface area contributed by atoms with E-state index in [1.807, 2.05) is 0 Å². The Morgan fingerprint density at radius 2 is 2.41 bits per heavy atom. The van der Waals surface area contributed by atoms with Gasteiger partial charge in [-0.1, -0.05) is 24.9 Å². The summed E-state index contributed by atoms with van der Waals surface area (Å²) in [6, 6.07) is 2.77. The number of nitro groups is 1. The van der Waals surface area contributed by atoms with Crippen LogP contribution >= 0.6 is 11.6 Å². The predicted molar refractivity (Wildman–Crippen MR) is 66.5 cm³/mol. The van der Waals surface area contributed by atoms with Crippen LogP contribution < -0.4 is 4.90 Å². The van der Waals surface area contributed by atoms with Crippen molar-refractivity contribution < 1.29 is 4.92 Å². The molecule has 1 aliphatic rings. The van der Waals surface area contributed by atoms with Gasteiger partial charge in [0.05, 0.1) is 17.1 Å².